The lowest BCUT2D eigenvalue weighted by Crippen LogP contribution is -2.29. The maximum atomic E-state index is 6.32. The average Bonchev–Trinajstić information content (AvgIpc) is 2.44. The number of nitrogens with one attached hydrogen (secondary N) is 1. The van der Waals surface area contributed by atoms with Crippen LogP contribution in [0.5, 0.6) is 5.75 Å². The van der Waals surface area contributed by atoms with Crippen molar-refractivity contribution in [2.75, 3.05) is 7.11 Å². The van der Waals surface area contributed by atoms with Crippen LogP contribution in [-0.2, 0) is 0 Å². The standard InChI is InChI=1S/C14H14BrClN2O/c1-19-10-5-2-4-9(8-10)14(18-17)11-6-3-7-12(15)13(11)16/h2-8,14,18H,17H2,1H3. The van der Waals surface area contributed by atoms with Gasteiger partial charge >= 0.3 is 0 Å². The Morgan fingerprint density at radius 1 is 1.26 bits per heavy atom. The average molecular weight is 342 g/mol. The number of nitrogens with two attached hydrogens (primary N) is 1. The summed E-state index contributed by atoms with van der Waals surface area (Å²) in [5.74, 6) is 6.46. The highest BCUT2D eigenvalue weighted by Gasteiger charge is 2.17. The second-order valence-corrected chi connectivity index (χ2v) is 5.25. The van der Waals surface area contributed by atoms with E-state index in [0.717, 1.165) is 21.3 Å². The maximum absolute atomic E-state index is 6.32. The van der Waals surface area contributed by atoms with Crippen molar-refractivity contribution in [2.45, 2.75) is 6.04 Å². The fraction of sp³-hybridized carbons (Fsp3) is 0.143. The van der Waals surface area contributed by atoms with Gasteiger partial charge in [-0.05, 0) is 45.3 Å². The molecule has 19 heavy (non-hydrogen) atoms. The van der Waals surface area contributed by atoms with Crippen LogP contribution in [0, 0.1) is 0 Å². The summed E-state index contributed by atoms with van der Waals surface area (Å²) in [7, 11) is 1.63. The molecule has 2 aromatic rings. The molecule has 2 aromatic carbocycles. The summed E-state index contributed by atoms with van der Waals surface area (Å²) in [4.78, 5) is 0. The van der Waals surface area contributed by atoms with E-state index in [0.29, 0.717) is 5.02 Å². The van der Waals surface area contributed by atoms with Crippen molar-refractivity contribution in [3.63, 3.8) is 0 Å². The lowest BCUT2D eigenvalue weighted by molar-refractivity contribution is 0.413. The van der Waals surface area contributed by atoms with Gasteiger partial charge in [0.1, 0.15) is 5.75 Å². The number of hydrazine groups is 1. The molecule has 5 heteroatoms. The van der Waals surface area contributed by atoms with Gasteiger partial charge in [0.2, 0.25) is 0 Å². The molecule has 0 aromatic heterocycles. The first-order chi connectivity index (χ1) is 9.17. The Morgan fingerprint density at radius 2 is 2.00 bits per heavy atom. The summed E-state index contributed by atoms with van der Waals surface area (Å²) in [6.45, 7) is 0. The SMILES string of the molecule is COc1cccc(C(NN)c2cccc(Br)c2Cl)c1. The molecule has 100 valence electrons. The number of rotatable bonds is 4. The highest BCUT2D eigenvalue weighted by molar-refractivity contribution is 9.10. The van der Waals surface area contributed by atoms with Crippen molar-refractivity contribution in [1.82, 2.24) is 5.43 Å². The van der Waals surface area contributed by atoms with E-state index in [1.807, 2.05) is 42.5 Å². The summed E-state index contributed by atoms with van der Waals surface area (Å²) in [5, 5.41) is 0.647. The maximum Gasteiger partial charge on any atom is 0.119 e. The third-order valence-corrected chi connectivity index (χ3v) is 4.20. The van der Waals surface area contributed by atoms with Crippen LogP contribution in [0.2, 0.25) is 5.02 Å². The number of benzene rings is 2. The minimum absolute atomic E-state index is 0.194. The van der Waals surface area contributed by atoms with Gasteiger partial charge in [-0.3, -0.25) is 5.84 Å². The Morgan fingerprint density at radius 3 is 2.68 bits per heavy atom. The van der Waals surface area contributed by atoms with Crippen molar-refractivity contribution in [3.05, 3.63) is 63.1 Å². The van der Waals surface area contributed by atoms with Gasteiger partial charge in [-0.1, -0.05) is 35.9 Å². The van der Waals surface area contributed by atoms with Crippen LogP contribution in [0.4, 0.5) is 0 Å². The smallest absolute Gasteiger partial charge is 0.119 e. The van der Waals surface area contributed by atoms with E-state index in [1.54, 1.807) is 7.11 Å². The van der Waals surface area contributed by atoms with E-state index in [2.05, 4.69) is 21.4 Å². The number of halogens is 2. The third-order valence-electron chi connectivity index (χ3n) is 2.89. The summed E-state index contributed by atoms with van der Waals surface area (Å²) < 4.78 is 6.07. The van der Waals surface area contributed by atoms with Gasteiger partial charge in [-0.15, -0.1) is 0 Å². The first kappa shape index (κ1) is 14.3. The molecule has 3 N–H and O–H groups in total. The zero-order chi connectivity index (χ0) is 13.8. The van der Waals surface area contributed by atoms with Gasteiger partial charge in [0.05, 0.1) is 18.2 Å². The minimum atomic E-state index is -0.194. The molecular weight excluding hydrogens is 328 g/mol. The monoisotopic (exact) mass is 340 g/mol. The molecule has 0 saturated carbocycles. The normalized spacial score (nSPS) is 12.2. The molecule has 0 fully saturated rings. The quantitative estimate of drug-likeness (QED) is 0.659. The van der Waals surface area contributed by atoms with Crippen molar-refractivity contribution in [1.29, 1.82) is 0 Å². The van der Waals surface area contributed by atoms with Crippen molar-refractivity contribution in [3.8, 4) is 5.75 Å². The van der Waals surface area contributed by atoms with Gasteiger partial charge < -0.3 is 4.74 Å². The Labute approximate surface area is 125 Å². The summed E-state index contributed by atoms with van der Waals surface area (Å²) in [5.41, 5.74) is 4.69. The van der Waals surface area contributed by atoms with Crippen LogP contribution in [0.15, 0.2) is 46.9 Å². The number of methoxy groups -OCH3 is 1. The van der Waals surface area contributed by atoms with Gasteiger partial charge in [0.15, 0.2) is 0 Å². The van der Waals surface area contributed by atoms with E-state index in [-0.39, 0.29) is 6.04 Å². The van der Waals surface area contributed by atoms with Gasteiger partial charge in [-0.2, -0.15) is 0 Å². The minimum Gasteiger partial charge on any atom is -0.497 e. The first-order valence-electron chi connectivity index (χ1n) is 5.71. The number of hydrogen-bond acceptors (Lipinski definition) is 3. The second kappa shape index (κ2) is 6.39. The van der Waals surface area contributed by atoms with Crippen molar-refractivity contribution < 1.29 is 4.74 Å². The highest BCUT2D eigenvalue weighted by Crippen LogP contribution is 2.33. The summed E-state index contributed by atoms with van der Waals surface area (Å²) >= 11 is 9.74. The fourth-order valence-electron chi connectivity index (χ4n) is 1.93. The van der Waals surface area contributed by atoms with E-state index in [4.69, 9.17) is 22.2 Å². The summed E-state index contributed by atoms with van der Waals surface area (Å²) in [6, 6.07) is 13.3. The van der Waals surface area contributed by atoms with Crippen LogP contribution in [0.25, 0.3) is 0 Å². The van der Waals surface area contributed by atoms with Gasteiger partial charge in [-0.25, -0.2) is 5.43 Å². The van der Waals surface area contributed by atoms with Crippen LogP contribution in [0.3, 0.4) is 0 Å². The molecule has 0 radical (unpaired) electrons. The van der Waals surface area contributed by atoms with E-state index < -0.39 is 0 Å². The lowest BCUT2D eigenvalue weighted by atomic mass is 9.99. The molecular formula is C14H14BrClN2O. The molecule has 0 aliphatic rings. The topological polar surface area (TPSA) is 47.3 Å². The summed E-state index contributed by atoms with van der Waals surface area (Å²) in [6.07, 6.45) is 0. The molecule has 0 bridgehead atoms. The highest BCUT2D eigenvalue weighted by atomic mass is 79.9. The number of ether oxygens (including phenoxy) is 1. The molecule has 1 atom stereocenters. The molecule has 0 aliphatic heterocycles. The Kier molecular flexibility index (Phi) is 4.82. The molecule has 0 aliphatic carbocycles. The van der Waals surface area contributed by atoms with Gasteiger partial charge in [0.25, 0.3) is 0 Å². The molecule has 0 amide bonds. The Bertz CT molecular complexity index is 577. The Hall–Kier alpha value is -1.07. The molecule has 3 nitrogen and oxygen atoms in total. The molecule has 0 saturated heterocycles. The predicted octanol–water partition coefficient (Wildman–Crippen LogP) is 3.66. The Balaban J connectivity index is 2.46. The van der Waals surface area contributed by atoms with E-state index in [1.165, 1.54) is 0 Å². The van der Waals surface area contributed by atoms with Crippen LogP contribution in [0.1, 0.15) is 17.2 Å². The van der Waals surface area contributed by atoms with Crippen LogP contribution < -0.4 is 16.0 Å². The zero-order valence-electron chi connectivity index (χ0n) is 10.4. The molecule has 0 spiro atoms. The van der Waals surface area contributed by atoms with E-state index in [9.17, 15) is 0 Å². The lowest BCUT2D eigenvalue weighted by Gasteiger charge is -2.19. The molecule has 1 unspecified atom stereocenters. The van der Waals surface area contributed by atoms with Crippen LogP contribution >= 0.6 is 27.5 Å². The fourth-order valence-corrected chi connectivity index (χ4v) is 2.55. The van der Waals surface area contributed by atoms with Crippen LogP contribution in [-0.4, -0.2) is 7.11 Å². The second-order valence-electron chi connectivity index (χ2n) is 4.02. The zero-order valence-corrected chi connectivity index (χ0v) is 12.7. The van der Waals surface area contributed by atoms with Gasteiger partial charge in [0, 0.05) is 4.47 Å². The largest absolute Gasteiger partial charge is 0.497 e. The van der Waals surface area contributed by atoms with E-state index >= 15 is 0 Å². The van der Waals surface area contributed by atoms with Crippen molar-refractivity contribution >= 4 is 27.5 Å². The number of hydrogen-bond donors (Lipinski definition) is 2. The predicted molar refractivity (Wildman–Crippen MR) is 81.3 cm³/mol. The van der Waals surface area contributed by atoms with Crippen molar-refractivity contribution in [2.24, 2.45) is 5.84 Å². The first-order valence-corrected chi connectivity index (χ1v) is 6.88. The molecule has 2 rings (SSSR count). The third kappa shape index (κ3) is 3.09. The molecule has 0 heterocycles.